The Kier molecular flexibility index (Phi) is 4.79. The Bertz CT molecular complexity index is 759. The molecule has 7 heteroatoms. The maximum absolute atomic E-state index is 12.2. The third-order valence-electron chi connectivity index (χ3n) is 2.88. The fraction of sp³-hybridized carbons (Fsp3) is 0.133. The second-order valence-corrected chi connectivity index (χ2v) is 6.67. The van der Waals surface area contributed by atoms with E-state index in [0.717, 1.165) is 4.31 Å². The highest BCUT2D eigenvalue weighted by atomic mass is 32.2. The lowest BCUT2D eigenvalue weighted by atomic mass is 10.2. The van der Waals surface area contributed by atoms with Gasteiger partial charge in [-0.15, -0.1) is 0 Å². The van der Waals surface area contributed by atoms with E-state index in [2.05, 4.69) is 10.0 Å². The van der Waals surface area contributed by atoms with Crippen molar-refractivity contribution >= 4 is 27.5 Å². The molecule has 0 atom stereocenters. The number of hydrogen-bond acceptors (Lipinski definition) is 3. The standard InChI is InChI=1S/C15H17N3O3S/c1-18(2)22(20,21)17-14-10-6-7-12(11-14)15(19)16-13-8-4-3-5-9-13/h3-11,17H,1-2H3,(H,16,19). The van der Waals surface area contributed by atoms with E-state index in [0.29, 0.717) is 16.9 Å². The number of rotatable bonds is 5. The molecule has 0 unspecified atom stereocenters. The number of carbonyl (C=O) groups is 1. The van der Waals surface area contributed by atoms with Crippen molar-refractivity contribution in [3.63, 3.8) is 0 Å². The largest absolute Gasteiger partial charge is 0.322 e. The van der Waals surface area contributed by atoms with Crippen LogP contribution in [0.15, 0.2) is 54.6 Å². The SMILES string of the molecule is CN(C)S(=O)(=O)Nc1cccc(C(=O)Nc2ccccc2)c1. The maximum atomic E-state index is 12.2. The first-order chi connectivity index (χ1) is 10.4. The third kappa shape index (κ3) is 4.06. The van der Waals surface area contributed by atoms with Gasteiger partial charge in [-0.25, -0.2) is 0 Å². The molecule has 2 rings (SSSR count). The molecule has 6 nitrogen and oxygen atoms in total. The van der Waals surface area contributed by atoms with Crippen LogP contribution in [-0.2, 0) is 10.2 Å². The molecule has 0 fully saturated rings. The molecular formula is C15H17N3O3S. The molecule has 0 radical (unpaired) electrons. The summed E-state index contributed by atoms with van der Waals surface area (Å²) in [4.78, 5) is 12.2. The van der Waals surface area contributed by atoms with Gasteiger partial charge in [-0.1, -0.05) is 24.3 Å². The van der Waals surface area contributed by atoms with E-state index < -0.39 is 10.2 Å². The summed E-state index contributed by atoms with van der Waals surface area (Å²) in [5.74, 6) is -0.308. The minimum Gasteiger partial charge on any atom is -0.322 e. The summed E-state index contributed by atoms with van der Waals surface area (Å²) in [6, 6.07) is 15.3. The zero-order chi connectivity index (χ0) is 16.2. The summed E-state index contributed by atoms with van der Waals surface area (Å²) in [7, 11) is -0.751. The quantitative estimate of drug-likeness (QED) is 0.886. The van der Waals surface area contributed by atoms with Gasteiger partial charge in [0, 0.05) is 25.3 Å². The van der Waals surface area contributed by atoms with Crippen LogP contribution in [0.1, 0.15) is 10.4 Å². The van der Waals surface area contributed by atoms with Gasteiger partial charge in [0.15, 0.2) is 0 Å². The molecule has 0 spiro atoms. The highest BCUT2D eigenvalue weighted by Crippen LogP contribution is 2.15. The van der Waals surface area contributed by atoms with E-state index in [1.165, 1.54) is 20.2 Å². The number of hydrogen-bond donors (Lipinski definition) is 2. The Morgan fingerprint density at radius 1 is 0.955 bits per heavy atom. The van der Waals surface area contributed by atoms with Crippen LogP contribution in [0, 0.1) is 0 Å². The van der Waals surface area contributed by atoms with Crippen LogP contribution in [0.2, 0.25) is 0 Å². The summed E-state index contributed by atoms with van der Waals surface area (Å²) in [5.41, 5.74) is 1.36. The Balaban J connectivity index is 2.16. The predicted molar refractivity (Wildman–Crippen MR) is 87.1 cm³/mol. The second kappa shape index (κ2) is 6.59. The molecule has 0 aromatic heterocycles. The van der Waals surface area contributed by atoms with E-state index in [4.69, 9.17) is 0 Å². The monoisotopic (exact) mass is 319 g/mol. The first-order valence-electron chi connectivity index (χ1n) is 6.55. The molecule has 2 N–H and O–H groups in total. The highest BCUT2D eigenvalue weighted by molar-refractivity contribution is 7.90. The van der Waals surface area contributed by atoms with Gasteiger partial charge in [0.25, 0.3) is 5.91 Å². The van der Waals surface area contributed by atoms with Gasteiger partial charge >= 0.3 is 10.2 Å². The van der Waals surface area contributed by atoms with Crippen molar-refractivity contribution < 1.29 is 13.2 Å². The van der Waals surface area contributed by atoms with Crippen molar-refractivity contribution in [1.82, 2.24) is 4.31 Å². The molecule has 0 saturated heterocycles. The van der Waals surface area contributed by atoms with Gasteiger partial charge in [0.2, 0.25) is 0 Å². The van der Waals surface area contributed by atoms with Crippen molar-refractivity contribution in [3.05, 3.63) is 60.2 Å². The molecule has 2 aromatic carbocycles. The minimum atomic E-state index is -3.60. The van der Waals surface area contributed by atoms with Crippen LogP contribution < -0.4 is 10.0 Å². The summed E-state index contributed by atoms with van der Waals surface area (Å²) in [6.07, 6.45) is 0. The van der Waals surface area contributed by atoms with Crippen LogP contribution in [0.3, 0.4) is 0 Å². The lowest BCUT2D eigenvalue weighted by molar-refractivity contribution is 0.102. The van der Waals surface area contributed by atoms with Gasteiger partial charge < -0.3 is 5.32 Å². The van der Waals surface area contributed by atoms with Crippen LogP contribution in [0.4, 0.5) is 11.4 Å². The number of para-hydroxylation sites is 1. The van der Waals surface area contributed by atoms with E-state index in [1.807, 2.05) is 18.2 Å². The number of nitrogens with zero attached hydrogens (tertiary/aromatic N) is 1. The van der Waals surface area contributed by atoms with E-state index in [1.54, 1.807) is 30.3 Å². The highest BCUT2D eigenvalue weighted by Gasteiger charge is 2.14. The Morgan fingerprint density at radius 2 is 1.59 bits per heavy atom. The molecule has 22 heavy (non-hydrogen) atoms. The molecule has 0 heterocycles. The van der Waals surface area contributed by atoms with Crippen molar-refractivity contribution in [2.24, 2.45) is 0 Å². The molecule has 0 bridgehead atoms. The Morgan fingerprint density at radius 3 is 2.23 bits per heavy atom. The Hall–Kier alpha value is -2.38. The molecule has 0 aliphatic rings. The number of amides is 1. The van der Waals surface area contributed by atoms with E-state index >= 15 is 0 Å². The van der Waals surface area contributed by atoms with Gasteiger partial charge in [0.05, 0.1) is 5.69 Å². The first-order valence-corrected chi connectivity index (χ1v) is 7.99. The zero-order valence-electron chi connectivity index (χ0n) is 12.3. The van der Waals surface area contributed by atoms with Crippen LogP contribution in [-0.4, -0.2) is 32.7 Å². The summed E-state index contributed by atoms with van der Waals surface area (Å²) < 4.78 is 27.0. The summed E-state index contributed by atoms with van der Waals surface area (Å²) in [5, 5.41) is 2.74. The fourth-order valence-electron chi connectivity index (χ4n) is 1.69. The average Bonchev–Trinajstić information content (AvgIpc) is 2.48. The minimum absolute atomic E-state index is 0.308. The number of carbonyl (C=O) groups excluding carboxylic acids is 1. The van der Waals surface area contributed by atoms with Crippen molar-refractivity contribution in [2.75, 3.05) is 24.1 Å². The number of anilines is 2. The third-order valence-corrected chi connectivity index (χ3v) is 4.34. The lowest BCUT2D eigenvalue weighted by Crippen LogP contribution is -2.29. The predicted octanol–water partition coefficient (Wildman–Crippen LogP) is 2.16. The van der Waals surface area contributed by atoms with Gasteiger partial charge in [-0.05, 0) is 30.3 Å². The van der Waals surface area contributed by atoms with Crippen LogP contribution in [0.25, 0.3) is 0 Å². The van der Waals surface area contributed by atoms with E-state index in [9.17, 15) is 13.2 Å². The number of nitrogens with one attached hydrogen (secondary N) is 2. The molecular weight excluding hydrogens is 302 g/mol. The topological polar surface area (TPSA) is 78.5 Å². The van der Waals surface area contributed by atoms with Gasteiger partial charge in [0.1, 0.15) is 0 Å². The molecule has 2 aromatic rings. The average molecular weight is 319 g/mol. The van der Waals surface area contributed by atoms with Gasteiger partial charge in [-0.3, -0.25) is 9.52 Å². The Labute approximate surface area is 130 Å². The lowest BCUT2D eigenvalue weighted by Gasteiger charge is -2.14. The molecule has 0 aliphatic carbocycles. The van der Waals surface area contributed by atoms with Crippen molar-refractivity contribution in [2.45, 2.75) is 0 Å². The second-order valence-electron chi connectivity index (χ2n) is 4.79. The molecule has 0 saturated carbocycles. The number of benzene rings is 2. The smallest absolute Gasteiger partial charge is 0.301 e. The van der Waals surface area contributed by atoms with Crippen molar-refractivity contribution in [3.8, 4) is 0 Å². The zero-order valence-corrected chi connectivity index (χ0v) is 13.1. The maximum Gasteiger partial charge on any atom is 0.301 e. The van der Waals surface area contributed by atoms with Crippen LogP contribution in [0.5, 0.6) is 0 Å². The van der Waals surface area contributed by atoms with E-state index in [-0.39, 0.29) is 5.91 Å². The summed E-state index contributed by atoms with van der Waals surface area (Å²) in [6.45, 7) is 0. The molecule has 116 valence electrons. The molecule has 0 aliphatic heterocycles. The first kappa shape index (κ1) is 16.0. The van der Waals surface area contributed by atoms with Crippen LogP contribution >= 0.6 is 0 Å². The normalized spacial score (nSPS) is 11.2. The van der Waals surface area contributed by atoms with Gasteiger partial charge in [-0.2, -0.15) is 12.7 Å². The van der Waals surface area contributed by atoms with Crippen molar-refractivity contribution in [1.29, 1.82) is 0 Å². The molecule has 1 amide bonds. The summed E-state index contributed by atoms with van der Waals surface area (Å²) >= 11 is 0. The fourth-order valence-corrected chi connectivity index (χ4v) is 2.30.